The second-order valence-corrected chi connectivity index (χ2v) is 5.82. The summed E-state index contributed by atoms with van der Waals surface area (Å²) in [6.45, 7) is 5.11. The lowest BCUT2D eigenvalue weighted by Crippen LogP contribution is -2.15. The number of hydrogen-bond acceptors (Lipinski definition) is 5. The van der Waals surface area contributed by atoms with E-state index < -0.39 is 5.97 Å². The number of Topliss-reactive ketones (excluding diaryl/α,β-unsaturated/α-hetero) is 1. The molecule has 5 nitrogen and oxygen atoms in total. The van der Waals surface area contributed by atoms with Crippen LogP contribution in [0.15, 0.2) is 0 Å². The maximum absolute atomic E-state index is 12.0. The highest BCUT2D eigenvalue weighted by Gasteiger charge is 2.32. The fourth-order valence-corrected chi connectivity index (χ4v) is 3.04. The van der Waals surface area contributed by atoms with Crippen molar-refractivity contribution < 1.29 is 19.1 Å². The van der Waals surface area contributed by atoms with Gasteiger partial charge in [-0.25, -0.2) is 4.79 Å². The Morgan fingerprint density at radius 1 is 1.35 bits per heavy atom. The molecule has 0 aromatic carbocycles. The number of thiophene rings is 1. The first-order valence-corrected chi connectivity index (χ1v) is 7.39. The van der Waals surface area contributed by atoms with Crippen molar-refractivity contribution in [3.63, 3.8) is 0 Å². The fourth-order valence-electron chi connectivity index (χ4n) is 1.95. The second kappa shape index (κ2) is 5.75. The van der Waals surface area contributed by atoms with Gasteiger partial charge in [-0.05, 0) is 39.2 Å². The Labute approximate surface area is 121 Å². The van der Waals surface area contributed by atoms with Gasteiger partial charge in [-0.1, -0.05) is 0 Å². The highest BCUT2D eigenvalue weighted by molar-refractivity contribution is 7.18. The first kappa shape index (κ1) is 14.7. The quantitative estimate of drug-likeness (QED) is 0.669. The summed E-state index contributed by atoms with van der Waals surface area (Å²) in [5.41, 5.74) is 0.878. The summed E-state index contributed by atoms with van der Waals surface area (Å²) in [7, 11) is 0. The van der Waals surface area contributed by atoms with Crippen LogP contribution < -0.4 is 5.32 Å². The molecule has 20 heavy (non-hydrogen) atoms. The van der Waals surface area contributed by atoms with Crippen LogP contribution in [0.3, 0.4) is 0 Å². The van der Waals surface area contributed by atoms with Crippen LogP contribution >= 0.6 is 11.3 Å². The van der Waals surface area contributed by atoms with E-state index in [-0.39, 0.29) is 24.2 Å². The zero-order valence-electron chi connectivity index (χ0n) is 11.7. The standard InChI is InChI=1S/C14H17NO4S/c1-4-19-14(18)10-7(2)11(8(3)16)20-13(10)15-12(17)9-5-6-9/h9H,4-6H2,1-3H3,(H,15,17). The molecule has 0 aliphatic heterocycles. The summed E-state index contributed by atoms with van der Waals surface area (Å²) in [5.74, 6) is -0.676. The van der Waals surface area contributed by atoms with E-state index in [4.69, 9.17) is 4.74 Å². The molecule has 1 N–H and O–H groups in total. The Hall–Kier alpha value is -1.69. The molecule has 0 radical (unpaired) electrons. The van der Waals surface area contributed by atoms with Crippen molar-refractivity contribution >= 4 is 34.0 Å². The first-order valence-electron chi connectivity index (χ1n) is 6.58. The number of carbonyl (C=O) groups excluding carboxylic acids is 3. The molecule has 1 aromatic rings. The van der Waals surface area contributed by atoms with E-state index in [1.165, 1.54) is 6.92 Å². The Balaban J connectivity index is 2.36. The van der Waals surface area contributed by atoms with Crippen molar-refractivity contribution in [3.05, 3.63) is 16.0 Å². The van der Waals surface area contributed by atoms with Crippen molar-refractivity contribution in [1.29, 1.82) is 0 Å². The predicted molar refractivity (Wildman–Crippen MR) is 76.4 cm³/mol. The number of ketones is 1. The number of amides is 1. The van der Waals surface area contributed by atoms with Crippen LogP contribution in [0.25, 0.3) is 0 Å². The number of anilines is 1. The molecule has 0 spiro atoms. The van der Waals surface area contributed by atoms with Crippen LogP contribution in [0.5, 0.6) is 0 Å². The van der Waals surface area contributed by atoms with Gasteiger partial charge in [0.15, 0.2) is 5.78 Å². The molecule has 0 bridgehead atoms. The molecule has 1 heterocycles. The molecular formula is C14H17NO4S. The SMILES string of the molecule is CCOC(=O)c1c(NC(=O)C2CC2)sc(C(C)=O)c1C. The van der Waals surface area contributed by atoms with Gasteiger partial charge in [0.05, 0.1) is 17.0 Å². The lowest BCUT2D eigenvalue weighted by molar-refractivity contribution is -0.117. The first-order chi connectivity index (χ1) is 9.45. The van der Waals surface area contributed by atoms with Crippen molar-refractivity contribution in [2.45, 2.75) is 33.6 Å². The Morgan fingerprint density at radius 2 is 2.00 bits per heavy atom. The van der Waals surface area contributed by atoms with E-state index in [1.54, 1.807) is 13.8 Å². The van der Waals surface area contributed by atoms with E-state index in [0.717, 1.165) is 24.2 Å². The summed E-state index contributed by atoms with van der Waals surface area (Å²) >= 11 is 1.14. The van der Waals surface area contributed by atoms with Crippen molar-refractivity contribution in [2.24, 2.45) is 5.92 Å². The second-order valence-electron chi connectivity index (χ2n) is 4.80. The summed E-state index contributed by atoms with van der Waals surface area (Å²) in [4.78, 5) is 35.9. The lowest BCUT2D eigenvalue weighted by Gasteiger charge is -2.06. The summed E-state index contributed by atoms with van der Waals surface area (Å²) in [6, 6.07) is 0. The van der Waals surface area contributed by atoms with Gasteiger partial charge < -0.3 is 10.1 Å². The van der Waals surface area contributed by atoms with Gasteiger partial charge in [-0.3, -0.25) is 9.59 Å². The van der Waals surface area contributed by atoms with Gasteiger partial charge >= 0.3 is 5.97 Å². The monoisotopic (exact) mass is 295 g/mol. The third-order valence-corrected chi connectivity index (χ3v) is 4.44. The number of hydrogen-bond donors (Lipinski definition) is 1. The average molecular weight is 295 g/mol. The normalized spacial score (nSPS) is 13.9. The van der Waals surface area contributed by atoms with Crippen LogP contribution in [0.1, 0.15) is 52.3 Å². The largest absolute Gasteiger partial charge is 0.462 e. The van der Waals surface area contributed by atoms with Crippen LogP contribution in [0.4, 0.5) is 5.00 Å². The fraction of sp³-hybridized carbons (Fsp3) is 0.500. The number of rotatable bonds is 5. The molecule has 1 aliphatic rings. The molecule has 1 amide bonds. The molecule has 108 valence electrons. The molecular weight excluding hydrogens is 278 g/mol. The van der Waals surface area contributed by atoms with Crippen LogP contribution in [0.2, 0.25) is 0 Å². The molecule has 0 unspecified atom stereocenters. The van der Waals surface area contributed by atoms with Crippen molar-refractivity contribution in [1.82, 2.24) is 0 Å². The van der Waals surface area contributed by atoms with Crippen molar-refractivity contribution in [2.75, 3.05) is 11.9 Å². The highest BCUT2D eigenvalue weighted by atomic mass is 32.1. The molecule has 2 rings (SSSR count). The number of carbonyl (C=O) groups is 3. The zero-order chi connectivity index (χ0) is 14.9. The van der Waals surface area contributed by atoms with E-state index in [1.807, 2.05) is 0 Å². The maximum atomic E-state index is 12.0. The average Bonchev–Trinajstić information content (AvgIpc) is 3.15. The molecule has 1 saturated carbocycles. The van der Waals surface area contributed by atoms with E-state index in [0.29, 0.717) is 21.0 Å². The maximum Gasteiger partial charge on any atom is 0.341 e. The van der Waals surface area contributed by atoms with Crippen LogP contribution in [-0.4, -0.2) is 24.3 Å². The third-order valence-electron chi connectivity index (χ3n) is 3.13. The van der Waals surface area contributed by atoms with Crippen LogP contribution in [-0.2, 0) is 9.53 Å². The highest BCUT2D eigenvalue weighted by Crippen LogP contribution is 2.36. The minimum absolute atomic E-state index is 0.0354. The summed E-state index contributed by atoms with van der Waals surface area (Å²) in [5, 5.41) is 3.17. The summed E-state index contributed by atoms with van der Waals surface area (Å²) < 4.78 is 5.01. The van der Waals surface area contributed by atoms with Gasteiger partial charge in [0, 0.05) is 5.92 Å². The lowest BCUT2D eigenvalue weighted by atomic mass is 10.1. The van der Waals surface area contributed by atoms with Gasteiger partial charge in [0.25, 0.3) is 0 Å². The molecule has 6 heteroatoms. The Morgan fingerprint density at radius 3 is 2.50 bits per heavy atom. The number of nitrogens with one attached hydrogen (secondary N) is 1. The molecule has 0 saturated heterocycles. The minimum atomic E-state index is -0.500. The van der Waals surface area contributed by atoms with E-state index in [9.17, 15) is 14.4 Å². The summed E-state index contributed by atoms with van der Waals surface area (Å²) in [6.07, 6.45) is 1.76. The molecule has 1 aliphatic carbocycles. The van der Waals surface area contributed by atoms with E-state index in [2.05, 4.69) is 5.32 Å². The topological polar surface area (TPSA) is 72.5 Å². The van der Waals surface area contributed by atoms with Gasteiger partial charge in [0.2, 0.25) is 5.91 Å². The smallest absolute Gasteiger partial charge is 0.341 e. The molecule has 0 atom stereocenters. The number of ether oxygens (including phenoxy) is 1. The zero-order valence-corrected chi connectivity index (χ0v) is 12.6. The Bertz CT molecular complexity index is 572. The number of esters is 1. The van der Waals surface area contributed by atoms with Gasteiger partial charge in [-0.15, -0.1) is 11.3 Å². The molecule has 1 aromatic heterocycles. The van der Waals surface area contributed by atoms with Crippen LogP contribution in [0, 0.1) is 12.8 Å². The third kappa shape index (κ3) is 2.90. The predicted octanol–water partition coefficient (Wildman–Crippen LogP) is 2.78. The Kier molecular flexibility index (Phi) is 4.23. The van der Waals surface area contributed by atoms with Crippen molar-refractivity contribution in [3.8, 4) is 0 Å². The van der Waals surface area contributed by atoms with E-state index >= 15 is 0 Å². The van der Waals surface area contributed by atoms with Gasteiger partial charge in [0.1, 0.15) is 5.00 Å². The molecule has 1 fully saturated rings. The minimum Gasteiger partial charge on any atom is -0.462 e. The van der Waals surface area contributed by atoms with Gasteiger partial charge in [-0.2, -0.15) is 0 Å².